The van der Waals surface area contributed by atoms with Crippen LogP contribution in [0.5, 0.6) is 5.75 Å². The number of amides is 1. The van der Waals surface area contributed by atoms with E-state index in [0.717, 1.165) is 72.3 Å². The largest absolute Gasteiger partial charge is 0.496 e. The molecule has 1 aliphatic rings. The van der Waals surface area contributed by atoms with Gasteiger partial charge < -0.3 is 9.64 Å². The van der Waals surface area contributed by atoms with Gasteiger partial charge in [0.15, 0.2) is 0 Å². The summed E-state index contributed by atoms with van der Waals surface area (Å²) in [5, 5.41) is 0.167. The molecule has 4 nitrogen and oxygen atoms in total. The third-order valence-corrected chi connectivity index (χ3v) is 8.42. The Morgan fingerprint density at radius 1 is 1.03 bits per heavy atom. The summed E-state index contributed by atoms with van der Waals surface area (Å²) in [5.41, 5.74) is 2.81. The Balaban J connectivity index is 1.56. The summed E-state index contributed by atoms with van der Waals surface area (Å²) in [5.74, 6) is -1.23. The Kier molecular flexibility index (Phi) is 7.20. The smallest absolute Gasteiger partial charge is 0.264 e. The van der Waals surface area contributed by atoms with Crippen LogP contribution in [0.1, 0.15) is 52.9 Å². The molecule has 8 heteroatoms. The maximum absolute atomic E-state index is 14.6. The normalized spacial score (nSPS) is 14.2. The number of ether oxygens (including phenoxy) is 1. The molecule has 2 aromatic carbocycles. The van der Waals surface area contributed by atoms with Gasteiger partial charge in [-0.15, -0.1) is 11.3 Å². The van der Waals surface area contributed by atoms with Crippen molar-refractivity contribution in [3.8, 4) is 16.9 Å². The first kappa shape index (κ1) is 25.3. The highest BCUT2D eigenvalue weighted by Crippen LogP contribution is 2.37. The molecule has 0 aliphatic heterocycles. The summed E-state index contributed by atoms with van der Waals surface area (Å²) < 4.78 is 48.3. The fourth-order valence-corrected chi connectivity index (χ4v) is 6.36. The van der Waals surface area contributed by atoms with Crippen LogP contribution in [-0.2, 0) is 6.54 Å². The van der Waals surface area contributed by atoms with Crippen molar-refractivity contribution in [2.75, 3.05) is 7.11 Å². The average molecular weight is 525 g/mol. The lowest BCUT2D eigenvalue weighted by molar-refractivity contribution is 0.0617. The molecule has 2 heterocycles. The number of fused-ring (bicyclic) bond motifs is 1. The summed E-state index contributed by atoms with van der Waals surface area (Å²) in [4.78, 5) is 20.0. The zero-order chi connectivity index (χ0) is 26.1. The zero-order valence-electron chi connectivity index (χ0n) is 20.7. The molecule has 5 rings (SSSR count). The van der Waals surface area contributed by atoms with E-state index in [1.165, 1.54) is 12.3 Å². The summed E-state index contributed by atoms with van der Waals surface area (Å²) in [6.07, 6.45) is 6.34. The number of pyridine rings is 1. The van der Waals surface area contributed by atoms with Gasteiger partial charge in [0.25, 0.3) is 5.91 Å². The van der Waals surface area contributed by atoms with Gasteiger partial charge in [0.2, 0.25) is 5.95 Å². The van der Waals surface area contributed by atoms with E-state index < -0.39 is 17.6 Å². The molecular formula is C29H27F3N2O2S. The van der Waals surface area contributed by atoms with E-state index in [1.807, 2.05) is 23.1 Å². The van der Waals surface area contributed by atoms with Gasteiger partial charge in [-0.25, -0.2) is 13.8 Å². The van der Waals surface area contributed by atoms with Gasteiger partial charge >= 0.3 is 0 Å². The Morgan fingerprint density at radius 3 is 2.43 bits per heavy atom. The van der Waals surface area contributed by atoms with Gasteiger partial charge in [-0.3, -0.25) is 4.79 Å². The molecule has 2 aromatic heterocycles. The molecule has 4 aromatic rings. The highest BCUT2D eigenvalue weighted by atomic mass is 32.1. The van der Waals surface area contributed by atoms with E-state index in [1.54, 1.807) is 20.1 Å². The van der Waals surface area contributed by atoms with Gasteiger partial charge in [-0.1, -0.05) is 25.3 Å². The molecular weight excluding hydrogens is 497 g/mol. The number of hydrogen-bond donors (Lipinski definition) is 0. The average Bonchev–Trinajstić information content (AvgIpc) is 3.28. The molecule has 37 heavy (non-hydrogen) atoms. The number of nitrogens with zero attached hydrogens (tertiary/aromatic N) is 2. The molecule has 0 unspecified atom stereocenters. The summed E-state index contributed by atoms with van der Waals surface area (Å²) in [6, 6.07) is 10.8. The minimum Gasteiger partial charge on any atom is -0.496 e. The SMILES string of the molecule is COc1ccc(-c2ccc(F)nc2)cc1CN(C(=O)c1sc2c(F)ccc(F)c2c1C)C1CCCCC1. The first-order valence-electron chi connectivity index (χ1n) is 12.3. The number of rotatable bonds is 6. The van der Waals surface area contributed by atoms with Crippen molar-refractivity contribution in [2.24, 2.45) is 0 Å². The van der Waals surface area contributed by atoms with E-state index in [2.05, 4.69) is 4.98 Å². The molecule has 192 valence electrons. The monoisotopic (exact) mass is 524 g/mol. The topological polar surface area (TPSA) is 42.4 Å². The predicted molar refractivity (Wildman–Crippen MR) is 139 cm³/mol. The lowest BCUT2D eigenvalue weighted by Crippen LogP contribution is -2.41. The number of benzene rings is 2. The fourth-order valence-electron chi connectivity index (χ4n) is 5.18. The van der Waals surface area contributed by atoms with Crippen LogP contribution in [0.25, 0.3) is 21.2 Å². The zero-order valence-corrected chi connectivity index (χ0v) is 21.5. The molecule has 0 spiro atoms. The second kappa shape index (κ2) is 10.5. The van der Waals surface area contributed by atoms with Crippen LogP contribution in [0, 0.1) is 24.5 Å². The van der Waals surface area contributed by atoms with Gasteiger partial charge in [-0.05, 0) is 67.3 Å². The maximum Gasteiger partial charge on any atom is 0.264 e. The van der Waals surface area contributed by atoms with Crippen LogP contribution in [0.15, 0.2) is 48.7 Å². The van der Waals surface area contributed by atoms with Crippen molar-refractivity contribution in [1.29, 1.82) is 0 Å². The second-order valence-electron chi connectivity index (χ2n) is 9.41. The summed E-state index contributed by atoms with van der Waals surface area (Å²) in [6.45, 7) is 1.95. The van der Waals surface area contributed by atoms with Crippen molar-refractivity contribution < 1.29 is 22.7 Å². The van der Waals surface area contributed by atoms with Crippen molar-refractivity contribution in [3.63, 3.8) is 0 Å². The molecule has 1 amide bonds. The second-order valence-corrected chi connectivity index (χ2v) is 10.4. The summed E-state index contributed by atoms with van der Waals surface area (Å²) >= 11 is 1.01. The Labute approximate surface area is 217 Å². The van der Waals surface area contributed by atoms with E-state index in [-0.39, 0.29) is 28.6 Å². The lowest BCUT2D eigenvalue weighted by Gasteiger charge is -2.35. The molecule has 0 saturated heterocycles. The Bertz CT molecular complexity index is 1450. The quantitative estimate of drug-likeness (QED) is 0.243. The van der Waals surface area contributed by atoms with Crippen molar-refractivity contribution >= 4 is 27.3 Å². The molecule has 0 N–H and O–H groups in total. The van der Waals surface area contributed by atoms with Crippen molar-refractivity contribution in [1.82, 2.24) is 9.88 Å². The van der Waals surface area contributed by atoms with Crippen molar-refractivity contribution in [2.45, 2.75) is 51.6 Å². The minimum atomic E-state index is -0.557. The van der Waals surface area contributed by atoms with Crippen LogP contribution >= 0.6 is 11.3 Å². The van der Waals surface area contributed by atoms with Gasteiger partial charge in [0, 0.05) is 35.3 Å². The molecule has 0 bridgehead atoms. The van der Waals surface area contributed by atoms with E-state index in [9.17, 15) is 18.0 Å². The third-order valence-electron chi connectivity index (χ3n) is 7.13. The molecule has 1 aliphatic carbocycles. The number of carbonyl (C=O) groups excluding carboxylic acids is 1. The van der Waals surface area contributed by atoms with Crippen LogP contribution in [0.2, 0.25) is 0 Å². The van der Waals surface area contributed by atoms with Crippen LogP contribution in [0.4, 0.5) is 13.2 Å². The first-order chi connectivity index (χ1) is 17.9. The number of hydrogen-bond acceptors (Lipinski definition) is 4. The number of aromatic nitrogens is 1. The number of halogens is 3. The number of carbonyl (C=O) groups is 1. The summed E-state index contributed by atoms with van der Waals surface area (Å²) in [7, 11) is 1.58. The van der Waals surface area contributed by atoms with E-state index in [4.69, 9.17) is 4.74 Å². The van der Waals surface area contributed by atoms with Gasteiger partial charge in [0.05, 0.1) is 16.7 Å². The number of methoxy groups -OCH3 is 1. The lowest BCUT2D eigenvalue weighted by atomic mass is 9.93. The highest BCUT2D eigenvalue weighted by molar-refractivity contribution is 7.21. The van der Waals surface area contributed by atoms with Crippen LogP contribution in [-0.4, -0.2) is 28.9 Å². The Hall–Kier alpha value is -3.39. The molecule has 0 radical (unpaired) electrons. The first-order valence-corrected chi connectivity index (χ1v) is 13.2. The standard InChI is InChI=1S/C29H27F3N2O2S/c1-17-26-22(30)10-11-23(31)28(26)37-27(17)29(35)34(21-6-4-3-5-7-21)16-20-14-18(8-12-24(20)36-2)19-9-13-25(32)33-15-19/h8-15,21H,3-7,16H2,1-2H3. The number of aryl methyl sites for hydroxylation is 1. The van der Waals surface area contributed by atoms with Crippen LogP contribution in [0.3, 0.4) is 0 Å². The van der Waals surface area contributed by atoms with Crippen molar-refractivity contribution in [3.05, 3.63) is 82.2 Å². The fraction of sp³-hybridized carbons (Fsp3) is 0.310. The maximum atomic E-state index is 14.6. The number of thiophene rings is 1. The third kappa shape index (κ3) is 4.94. The van der Waals surface area contributed by atoms with E-state index in [0.29, 0.717) is 16.2 Å². The van der Waals surface area contributed by atoms with E-state index >= 15 is 0 Å². The molecule has 1 saturated carbocycles. The minimum absolute atomic E-state index is 0.00130. The highest BCUT2D eigenvalue weighted by Gasteiger charge is 2.31. The van der Waals surface area contributed by atoms with Gasteiger partial charge in [-0.2, -0.15) is 4.39 Å². The molecule has 0 atom stereocenters. The predicted octanol–water partition coefficient (Wildman–Crippen LogP) is 7.67. The molecule has 1 fully saturated rings. The Morgan fingerprint density at radius 2 is 1.76 bits per heavy atom. The van der Waals surface area contributed by atoms with Gasteiger partial charge in [0.1, 0.15) is 17.4 Å². The van der Waals surface area contributed by atoms with Crippen LogP contribution < -0.4 is 4.74 Å².